The summed E-state index contributed by atoms with van der Waals surface area (Å²) >= 11 is 6.56. The molecule has 3 fully saturated rings. The number of benzene rings is 1. The van der Waals surface area contributed by atoms with Crippen LogP contribution in [-0.2, 0) is 16.1 Å². The van der Waals surface area contributed by atoms with Gasteiger partial charge in [0.25, 0.3) is 0 Å². The van der Waals surface area contributed by atoms with Gasteiger partial charge in [-0.25, -0.2) is 14.2 Å². The highest BCUT2D eigenvalue weighted by molar-refractivity contribution is 6.33. The van der Waals surface area contributed by atoms with Gasteiger partial charge >= 0.3 is 5.97 Å². The summed E-state index contributed by atoms with van der Waals surface area (Å²) in [6.07, 6.45) is 5.54. The second kappa shape index (κ2) is 9.72. The van der Waals surface area contributed by atoms with Gasteiger partial charge in [-0.2, -0.15) is 0 Å². The lowest BCUT2D eigenvalue weighted by Gasteiger charge is -2.21. The molecule has 1 aliphatic heterocycles. The maximum absolute atomic E-state index is 14.7. The van der Waals surface area contributed by atoms with Crippen molar-refractivity contribution in [1.82, 2.24) is 10.1 Å². The minimum absolute atomic E-state index is 0.113. The van der Waals surface area contributed by atoms with E-state index < -0.39 is 11.8 Å². The molecule has 0 bridgehead atoms. The van der Waals surface area contributed by atoms with Gasteiger partial charge in [-0.15, -0.1) is 0 Å². The Labute approximate surface area is 219 Å². The van der Waals surface area contributed by atoms with Gasteiger partial charge < -0.3 is 18.9 Å². The van der Waals surface area contributed by atoms with Gasteiger partial charge in [0.15, 0.2) is 11.6 Å². The maximum Gasteiger partial charge on any atom is 0.339 e. The molecule has 2 aromatic heterocycles. The van der Waals surface area contributed by atoms with Crippen molar-refractivity contribution in [3.8, 4) is 11.3 Å². The normalized spacial score (nSPS) is 22.9. The summed E-state index contributed by atoms with van der Waals surface area (Å²) in [5, 5.41) is 5.09. The molecule has 3 aromatic rings. The first-order valence-corrected chi connectivity index (χ1v) is 13.1. The molecule has 2 unspecified atom stereocenters. The van der Waals surface area contributed by atoms with Crippen LogP contribution in [0.15, 0.2) is 35.0 Å². The van der Waals surface area contributed by atoms with E-state index in [4.69, 9.17) is 20.9 Å². The van der Waals surface area contributed by atoms with Crippen LogP contribution in [0.4, 0.5) is 10.2 Å². The monoisotopic (exact) mass is 525 g/mol. The molecule has 1 aromatic carbocycles. The van der Waals surface area contributed by atoms with Crippen LogP contribution in [-0.4, -0.2) is 42.4 Å². The molecule has 7 nitrogen and oxygen atoms in total. The molecule has 6 rings (SSSR count). The van der Waals surface area contributed by atoms with E-state index in [9.17, 15) is 9.18 Å². The molecule has 2 atom stereocenters. The lowest BCUT2D eigenvalue weighted by Crippen LogP contribution is -2.25. The maximum atomic E-state index is 14.7. The molecule has 1 saturated heterocycles. The zero-order chi connectivity index (χ0) is 25.7. The van der Waals surface area contributed by atoms with Crippen molar-refractivity contribution < 1.29 is 23.2 Å². The number of carbonyl (C=O) groups excluding carboxylic acids is 1. The van der Waals surface area contributed by atoms with Gasteiger partial charge in [0, 0.05) is 36.3 Å². The van der Waals surface area contributed by atoms with Gasteiger partial charge in [0.1, 0.15) is 11.5 Å². The van der Waals surface area contributed by atoms with Gasteiger partial charge in [-0.1, -0.05) is 28.9 Å². The van der Waals surface area contributed by atoms with Crippen LogP contribution in [0.25, 0.3) is 11.3 Å². The highest BCUT2D eigenvalue weighted by Gasteiger charge is 2.43. The highest BCUT2D eigenvalue weighted by atomic mass is 35.5. The second-order valence-corrected chi connectivity index (χ2v) is 10.8. The van der Waals surface area contributed by atoms with Gasteiger partial charge in [-0.05, 0) is 62.1 Å². The number of halogens is 2. The lowest BCUT2D eigenvalue weighted by atomic mass is 10.0. The quantitative estimate of drug-likeness (QED) is 0.353. The number of methoxy groups -OCH3 is 1. The fraction of sp³-hybridized carbons (Fsp3) is 0.464. The number of anilines is 1. The number of esters is 1. The van der Waals surface area contributed by atoms with Crippen molar-refractivity contribution in [1.29, 1.82) is 0 Å². The number of hydrogen-bond acceptors (Lipinski definition) is 7. The SMILES string of the molecule is COC(=O)c1cnc(N2CC3CC(OCc4c(-c5c(C)cccc5Cl)noc4C4CC4)CC3C2)c(F)c1. The summed E-state index contributed by atoms with van der Waals surface area (Å²) in [6, 6.07) is 7.05. The number of aromatic nitrogens is 2. The van der Waals surface area contributed by atoms with Crippen LogP contribution in [0.5, 0.6) is 0 Å². The Kier molecular flexibility index (Phi) is 6.41. The number of carbonyl (C=O) groups is 1. The van der Waals surface area contributed by atoms with Gasteiger partial charge in [0.2, 0.25) is 0 Å². The summed E-state index contributed by atoms with van der Waals surface area (Å²) in [4.78, 5) is 17.9. The van der Waals surface area contributed by atoms with Crippen molar-refractivity contribution in [3.63, 3.8) is 0 Å². The number of aryl methyl sites for hydroxylation is 1. The van der Waals surface area contributed by atoms with Crippen molar-refractivity contribution in [2.24, 2.45) is 11.8 Å². The highest BCUT2D eigenvalue weighted by Crippen LogP contribution is 2.46. The van der Waals surface area contributed by atoms with E-state index in [2.05, 4.69) is 14.9 Å². The Bertz CT molecular complexity index is 1310. The molecule has 2 saturated carbocycles. The van der Waals surface area contributed by atoms with E-state index in [0.717, 1.165) is 66.9 Å². The summed E-state index contributed by atoms with van der Waals surface area (Å²) in [5.41, 5.74) is 3.87. The molecule has 37 heavy (non-hydrogen) atoms. The first-order valence-electron chi connectivity index (χ1n) is 12.8. The van der Waals surface area contributed by atoms with Gasteiger partial charge in [0.05, 0.1) is 30.4 Å². The summed E-state index contributed by atoms with van der Waals surface area (Å²) in [6.45, 7) is 3.91. The Morgan fingerprint density at radius 2 is 2.00 bits per heavy atom. The Hall–Kier alpha value is -2.97. The van der Waals surface area contributed by atoms with E-state index in [1.165, 1.54) is 19.4 Å². The van der Waals surface area contributed by atoms with E-state index in [-0.39, 0.29) is 17.5 Å². The zero-order valence-corrected chi connectivity index (χ0v) is 21.6. The zero-order valence-electron chi connectivity index (χ0n) is 20.9. The van der Waals surface area contributed by atoms with E-state index in [1.807, 2.05) is 30.0 Å². The fourth-order valence-electron chi connectivity index (χ4n) is 5.90. The molecule has 0 N–H and O–H groups in total. The number of nitrogens with zero attached hydrogens (tertiary/aromatic N) is 3. The number of fused-ring (bicyclic) bond motifs is 1. The Morgan fingerprint density at radius 1 is 1.24 bits per heavy atom. The van der Waals surface area contributed by atoms with Crippen molar-refractivity contribution in [3.05, 3.63) is 63.8 Å². The average Bonchev–Trinajstić information content (AvgIpc) is 3.35. The predicted octanol–water partition coefficient (Wildman–Crippen LogP) is 5.93. The second-order valence-electron chi connectivity index (χ2n) is 10.4. The van der Waals surface area contributed by atoms with Crippen LogP contribution < -0.4 is 4.90 Å². The van der Waals surface area contributed by atoms with Crippen LogP contribution in [0.3, 0.4) is 0 Å². The summed E-state index contributed by atoms with van der Waals surface area (Å²) in [5.74, 6) is 1.34. The third-order valence-corrected chi connectivity index (χ3v) is 8.25. The first kappa shape index (κ1) is 24.4. The van der Waals surface area contributed by atoms with E-state index >= 15 is 0 Å². The molecule has 3 aliphatic rings. The van der Waals surface area contributed by atoms with Gasteiger partial charge in [-0.3, -0.25) is 0 Å². The molecule has 2 aliphatic carbocycles. The number of rotatable bonds is 7. The number of hydrogen-bond donors (Lipinski definition) is 0. The topological polar surface area (TPSA) is 77.7 Å². The van der Waals surface area contributed by atoms with E-state index in [0.29, 0.717) is 29.4 Å². The van der Waals surface area contributed by atoms with Crippen LogP contribution >= 0.6 is 11.6 Å². The Morgan fingerprint density at radius 3 is 2.65 bits per heavy atom. The summed E-state index contributed by atoms with van der Waals surface area (Å²) < 4.78 is 31.6. The van der Waals surface area contributed by atoms with Crippen LogP contribution in [0, 0.1) is 24.6 Å². The number of pyridine rings is 1. The smallest absolute Gasteiger partial charge is 0.339 e. The minimum Gasteiger partial charge on any atom is -0.465 e. The number of ether oxygens (including phenoxy) is 2. The molecule has 194 valence electrons. The minimum atomic E-state index is -0.596. The fourth-order valence-corrected chi connectivity index (χ4v) is 6.21. The van der Waals surface area contributed by atoms with Crippen LogP contribution in [0.2, 0.25) is 5.02 Å². The van der Waals surface area contributed by atoms with Crippen molar-refractivity contribution >= 4 is 23.4 Å². The standard InChI is InChI=1S/C28H29ClFN3O4/c1-15-4-3-5-22(29)24(15)25-21(26(37-32-25)16-6-7-16)14-36-20-8-18-12-33(13-19(18)9-20)27-23(30)10-17(11-31-27)28(34)35-2/h3-5,10-11,16,18-20H,6-9,12-14H2,1-2H3. The molecule has 9 heteroatoms. The molecule has 0 spiro atoms. The molecule has 0 radical (unpaired) electrons. The van der Waals surface area contributed by atoms with Crippen molar-refractivity contribution in [2.75, 3.05) is 25.1 Å². The summed E-state index contributed by atoms with van der Waals surface area (Å²) in [7, 11) is 1.27. The largest absolute Gasteiger partial charge is 0.465 e. The molecular weight excluding hydrogens is 497 g/mol. The van der Waals surface area contributed by atoms with Crippen molar-refractivity contribution in [2.45, 2.75) is 51.2 Å². The third kappa shape index (κ3) is 4.61. The molecular formula is C28H29ClFN3O4. The molecule has 0 amide bonds. The average molecular weight is 526 g/mol. The predicted molar refractivity (Wildman–Crippen MR) is 136 cm³/mol. The third-order valence-electron chi connectivity index (χ3n) is 7.94. The van der Waals surface area contributed by atoms with Crippen LogP contribution in [0.1, 0.15) is 58.8 Å². The lowest BCUT2D eigenvalue weighted by molar-refractivity contribution is 0.0402. The van der Waals surface area contributed by atoms with E-state index in [1.54, 1.807) is 0 Å². The Balaban J connectivity index is 1.12. The molecule has 3 heterocycles. The first-order chi connectivity index (χ1) is 17.9.